The average molecular weight is 516 g/mol. The van der Waals surface area contributed by atoms with Crippen molar-refractivity contribution in [1.29, 1.82) is 0 Å². The van der Waals surface area contributed by atoms with E-state index < -0.39 is 0 Å². The van der Waals surface area contributed by atoms with Gasteiger partial charge in [-0.15, -0.1) is 0 Å². The molecule has 8 heteroatoms. The molecule has 4 aromatic rings. The number of furan rings is 1. The summed E-state index contributed by atoms with van der Waals surface area (Å²) in [7, 11) is 0. The van der Waals surface area contributed by atoms with Gasteiger partial charge in [0.15, 0.2) is 0 Å². The lowest BCUT2D eigenvalue weighted by molar-refractivity contribution is -0.122. The minimum atomic E-state index is -0.142. The molecular weight excluding hydrogens is 490 g/mol. The molecule has 0 aliphatic carbocycles. The third-order valence-corrected chi connectivity index (χ3v) is 7.01. The highest BCUT2D eigenvalue weighted by Crippen LogP contribution is 2.36. The molecule has 182 valence electrons. The molecule has 1 aliphatic rings. The summed E-state index contributed by atoms with van der Waals surface area (Å²) in [5.41, 5.74) is 4.49. The number of rotatable bonds is 7. The maximum absolute atomic E-state index is 13.2. The Balaban J connectivity index is 1.54. The Labute approximate surface area is 219 Å². The molecule has 3 heterocycles. The van der Waals surface area contributed by atoms with Crippen LogP contribution in [0.1, 0.15) is 30.7 Å². The number of nitrogens with zero attached hydrogens (tertiary/aromatic N) is 3. The molecular formula is C28H25N3O3S2. The second-order valence-corrected chi connectivity index (χ2v) is 10.4. The molecule has 0 spiro atoms. The molecule has 0 radical (unpaired) electrons. The standard InChI is InChI=1S/C28H25N3O3S2/c1-18(2)34-24-12-11-20(14-19(24)3)26-21(16-31(29-26)22-8-5-4-6-9-22)15-25-27(32)30(28(35)36-25)17-23-10-7-13-33-23/h4-16,18H,17H2,1-3H3/b25-15+. The molecule has 0 atom stereocenters. The maximum atomic E-state index is 13.2. The van der Waals surface area contributed by atoms with Crippen LogP contribution < -0.4 is 4.74 Å². The Morgan fingerprint density at radius 2 is 1.94 bits per heavy atom. The highest BCUT2D eigenvalue weighted by Gasteiger charge is 2.33. The fourth-order valence-corrected chi connectivity index (χ4v) is 5.20. The third kappa shape index (κ3) is 5.01. The average Bonchev–Trinajstić information content (AvgIpc) is 3.58. The fraction of sp³-hybridized carbons (Fsp3) is 0.179. The number of thiocarbonyl (C=S) groups is 1. The SMILES string of the molecule is Cc1cc(-c2nn(-c3ccccc3)cc2/C=C2/SC(=S)N(Cc3ccco3)C2=O)ccc1OC(C)C. The summed E-state index contributed by atoms with van der Waals surface area (Å²) in [6.45, 7) is 6.35. The van der Waals surface area contributed by atoms with E-state index in [2.05, 4.69) is 6.07 Å². The summed E-state index contributed by atoms with van der Waals surface area (Å²) < 4.78 is 13.7. The molecule has 2 aromatic heterocycles. The molecule has 5 rings (SSSR count). The van der Waals surface area contributed by atoms with Crippen molar-refractivity contribution in [2.24, 2.45) is 0 Å². The van der Waals surface area contributed by atoms with Crippen molar-refractivity contribution >= 4 is 40.3 Å². The second kappa shape index (κ2) is 10.2. The molecule has 1 aliphatic heterocycles. The monoisotopic (exact) mass is 515 g/mol. The zero-order chi connectivity index (χ0) is 25.2. The maximum Gasteiger partial charge on any atom is 0.266 e. The summed E-state index contributed by atoms with van der Waals surface area (Å²) in [5.74, 6) is 1.39. The molecule has 0 bridgehead atoms. The number of thioether (sulfide) groups is 1. The van der Waals surface area contributed by atoms with Gasteiger partial charge in [-0.1, -0.05) is 42.2 Å². The van der Waals surface area contributed by atoms with E-state index in [1.807, 2.05) is 86.3 Å². The molecule has 0 unspecified atom stereocenters. The van der Waals surface area contributed by atoms with E-state index in [-0.39, 0.29) is 12.0 Å². The van der Waals surface area contributed by atoms with Crippen LogP contribution >= 0.6 is 24.0 Å². The van der Waals surface area contributed by atoms with E-state index in [4.69, 9.17) is 26.5 Å². The van der Waals surface area contributed by atoms with Gasteiger partial charge in [0.25, 0.3) is 5.91 Å². The minimum absolute atomic E-state index is 0.0884. The largest absolute Gasteiger partial charge is 0.491 e. The summed E-state index contributed by atoms with van der Waals surface area (Å²) >= 11 is 6.80. The number of carbonyl (C=O) groups is 1. The lowest BCUT2D eigenvalue weighted by Gasteiger charge is -2.13. The molecule has 6 nitrogen and oxygen atoms in total. The summed E-state index contributed by atoms with van der Waals surface area (Å²) in [4.78, 5) is 15.4. The second-order valence-electron chi connectivity index (χ2n) is 8.71. The first-order valence-electron chi connectivity index (χ1n) is 11.6. The Bertz CT molecular complexity index is 1440. The number of hydrogen-bond acceptors (Lipinski definition) is 6. The van der Waals surface area contributed by atoms with E-state index >= 15 is 0 Å². The van der Waals surface area contributed by atoms with Crippen molar-refractivity contribution in [3.05, 3.63) is 94.9 Å². The first-order chi connectivity index (χ1) is 17.4. The van der Waals surface area contributed by atoms with Crippen molar-refractivity contribution < 1.29 is 13.9 Å². The first kappa shape index (κ1) is 24.1. The Morgan fingerprint density at radius 3 is 2.64 bits per heavy atom. The van der Waals surface area contributed by atoms with Gasteiger partial charge in [-0.3, -0.25) is 9.69 Å². The number of benzene rings is 2. The summed E-state index contributed by atoms with van der Waals surface area (Å²) in [6.07, 6.45) is 5.49. The number of ether oxygens (including phenoxy) is 1. The quantitative estimate of drug-likeness (QED) is 0.203. The molecule has 0 N–H and O–H groups in total. The molecule has 0 saturated carbocycles. The minimum Gasteiger partial charge on any atom is -0.491 e. The van der Waals surface area contributed by atoms with Crippen LogP contribution in [0.15, 0.2) is 82.4 Å². The van der Waals surface area contributed by atoms with Gasteiger partial charge >= 0.3 is 0 Å². The summed E-state index contributed by atoms with van der Waals surface area (Å²) in [6, 6.07) is 19.6. The van der Waals surface area contributed by atoms with Gasteiger partial charge in [0.1, 0.15) is 21.5 Å². The topological polar surface area (TPSA) is 60.5 Å². The molecule has 1 fully saturated rings. The number of aryl methyl sites for hydroxylation is 1. The first-order valence-corrected chi connectivity index (χ1v) is 12.8. The number of aromatic nitrogens is 2. The molecule has 1 amide bonds. The predicted octanol–water partition coefficient (Wildman–Crippen LogP) is 6.63. The van der Waals surface area contributed by atoms with Crippen LogP contribution in [0.3, 0.4) is 0 Å². The Kier molecular flexibility index (Phi) is 6.80. The van der Waals surface area contributed by atoms with Gasteiger partial charge in [0.2, 0.25) is 0 Å². The third-order valence-electron chi connectivity index (χ3n) is 5.63. The van der Waals surface area contributed by atoms with Gasteiger partial charge in [-0.25, -0.2) is 4.68 Å². The highest BCUT2D eigenvalue weighted by molar-refractivity contribution is 8.26. The Hall–Kier alpha value is -3.62. The Morgan fingerprint density at radius 1 is 1.14 bits per heavy atom. The highest BCUT2D eigenvalue weighted by atomic mass is 32.2. The number of carbonyl (C=O) groups excluding carboxylic acids is 1. The van der Waals surface area contributed by atoms with Crippen molar-refractivity contribution in [2.75, 3.05) is 0 Å². The number of para-hydroxylation sites is 1. The van der Waals surface area contributed by atoms with Gasteiger partial charge in [-0.05, 0) is 74.9 Å². The van der Waals surface area contributed by atoms with Gasteiger partial charge in [-0.2, -0.15) is 5.10 Å². The van der Waals surface area contributed by atoms with Crippen LogP contribution in [0.4, 0.5) is 0 Å². The van der Waals surface area contributed by atoms with Crippen molar-refractivity contribution in [1.82, 2.24) is 14.7 Å². The van der Waals surface area contributed by atoms with Crippen LogP contribution in [0, 0.1) is 6.92 Å². The van der Waals surface area contributed by atoms with E-state index in [0.717, 1.165) is 33.8 Å². The van der Waals surface area contributed by atoms with Crippen molar-refractivity contribution in [3.63, 3.8) is 0 Å². The van der Waals surface area contributed by atoms with Crippen molar-refractivity contribution in [2.45, 2.75) is 33.4 Å². The van der Waals surface area contributed by atoms with Gasteiger partial charge < -0.3 is 9.15 Å². The zero-order valence-corrected chi connectivity index (χ0v) is 21.8. The predicted molar refractivity (Wildman–Crippen MR) is 147 cm³/mol. The zero-order valence-electron chi connectivity index (χ0n) is 20.2. The van der Waals surface area contributed by atoms with E-state index in [1.165, 1.54) is 11.8 Å². The smallest absolute Gasteiger partial charge is 0.266 e. The lowest BCUT2D eigenvalue weighted by atomic mass is 10.0. The molecule has 2 aromatic carbocycles. The van der Waals surface area contributed by atoms with Crippen LogP contribution in [-0.2, 0) is 11.3 Å². The normalized spacial score (nSPS) is 14.9. The van der Waals surface area contributed by atoms with Crippen LogP contribution in [-0.4, -0.2) is 31.0 Å². The van der Waals surface area contributed by atoms with Crippen LogP contribution in [0.2, 0.25) is 0 Å². The van der Waals surface area contributed by atoms with Crippen LogP contribution in [0.25, 0.3) is 23.0 Å². The number of amides is 1. The van der Waals surface area contributed by atoms with E-state index in [9.17, 15) is 4.79 Å². The summed E-state index contributed by atoms with van der Waals surface area (Å²) in [5, 5.41) is 4.90. The fourth-order valence-electron chi connectivity index (χ4n) is 3.95. The van der Waals surface area contributed by atoms with Gasteiger partial charge in [0.05, 0.1) is 29.5 Å². The number of hydrogen-bond donors (Lipinski definition) is 0. The van der Waals surface area contributed by atoms with E-state index in [0.29, 0.717) is 21.5 Å². The molecule has 36 heavy (non-hydrogen) atoms. The van der Waals surface area contributed by atoms with Crippen LogP contribution in [0.5, 0.6) is 5.75 Å². The lowest BCUT2D eigenvalue weighted by Crippen LogP contribution is -2.27. The molecule has 1 saturated heterocycles. The van der Waals surface area contributed by atoms with Gasteiger partial charge in [0, 0.05) is 17.3 Å². The van der Waals surface area contributed by atoms with Crippen molar-refractivity contribution in [3.8, 4) is 22.7 Å². The van der Waals surface area contributed by atoms with E-state index in [1.54, 1.807) is 17.2 Å².